The Balaban J connectivity index is 1.61. The molecule has 3 rings (SSSR count). The Labute approximate surface area is 111 Å². The average molecular weight is 263 g/mol. The van der Waals surface area contributed by atoms with Gasteiger partial charge >= 0.3 is 6.03 Å². The molecule has 0 spiro atoms. The molecule has 0 aromatic carbocycles. The van der Waals surface area contributed by atoms with Crippen LogP contribution in [-0.4, -0.2) is 57.2 Å². The van der Waals surface area contributed by atoms with Crippen molar-refractivity contribution in [1.29, 1.82) is 0 Å². The van der Waals surface area contributed by atoms with Crippen molar-refractivity contribution in [3.63, 3.8) is 0 Å². The van der Waals surface area contributed by atoms with Gasteiger partial charge in [-0.25, -0.2) is 4.79 Å². The number of rotatable bonds is 1. The lowest BCUT2D eigenvalue weighted by Gasteiger charge is -2.37. The minimum Gasteiger partial charge on any atom is -0.336 e. The van der Waals surface area contributed by atoms with E-state index in [1.54, 1.807) is 29.0 Å². The first kappa shape index (κ1) is 12.0. The van der Waals surface area contributed by atoms with E-state index in [2.05, 4.69) is 10.4 Å². The Morgan fingerprint density at radius 1 is 1.47 bits per heavy atom. The molecule has 0 aliphatic carbocycles. The summed E-state index contributed by atoms with van der Waals surface area (Å²) in [4.78, 5) is 27.4. The van der Waals surface area contributed by atoms with Crippen LogP contribution in [-0.2, 0) is 11.8 Å². The van der Waals surface area contributed by atoms with Crippen LogP contribution in [0.5, 0.6) is 0 Å². The highest BCUT2D eigenvalue weighted by Gasteiger charge is 2.36. The molecule has 0 saturated carbocycles. The van der Waals surface area contributed by atoms with E-state index in [0.29, 0.717) is 31.7 Å². The maximum atomic E-state index is 12.1. The minimum absolute atomic E-state index is 0.119. The third kappa shape index (κ3) is 2.27. The van der Waals surface area contributed by atoms with Gasteiger partial charge in [-0.3, -0.25) is 9.48 Å². The first-order chi connectivity index (χ1) is 9.13. The zero-order valence-electron chi connectivity index (χ0n) is 10.9. The molecule has 1 atom stereocenters. The van der Waals surface area contributed by atoms with Crippen LogP contribution in [0.3, 0.4) is 0 Å². The number of aromatic nitrogens is 2. The number of aryl methyl sites for hydroxylation is 1. The molecule has 0 radical (unpaired) electrons. The third-order valence-electron chi connectivity index (χ3n) is 3.74. The highest BCUT2D eigenvalue weighted by atomic mass is 16.2. The van der Waals surface area contributed by atoms with Crippen molar-refractivity contribution < 1.29 is 9.59 Å². The molecule has 3 amide bonds. The van der Waals surface area contributed by atoms with E-state index in [0.717, 1.165) is 6.42 Å². The van der Waals surface area contributed by atoms with E-state index < -0.39 is 0 Å². The topological polar surface area (TPSA) is 70.5 Å². The molecule has 19 heavy (non-hydrogen) atoms. The molecule has 2 aliphatic heterocycles. The van der Waals surface area contributed by atoms with E-state index in [1.165, 1.54) is 0 Å². The van der Waals surface area contributed by atoms with Gasteiger partial charge in [-0.05, 0) is 6.42 Å². The smallest absolute Gasteiger partial charge is 0.322 e. The van der Waals surface area contributed by atoms with Crippen LogP contribution in [0, 0.1) is 0 Å². The number of nitrogens with one attached hydrogen (secondary N) is 1. The number of hydrogen-bond donors (Lipinski definition) is 1. The summed E-state index contributed by atoms with van der Waals surface area (Å²) in [6.45, 7) is 1.86. The Kier molecular flexibility index (Phi) is 2.88. The summed E-state index contributed by atoms with van der Waals surface area (Å²) >= 11 is 0. The Bertz CT molecular complexity index is 512. The van der Waals surface area contributed by atoms with Crippen molar-refractivity contribution in [3.8, 4) is 0 Å². The zero-order chi connectivity index (χ0) is 13.4. The monoisotopic (exact) mass is 263 g/mol. The van der Waals surface area contributed by atoms with Crippen LogP contribution in [0.1, 0.15) is 12.8 Å². The lowest BCUT2D eigenvalue weighted by Crippen LogP contribution is -2.54. The van der Waals surface area contributed by atoms with Crippen LogP contribution in [0.15, 0.2) is 12.4 Å². The fourth-order valence-corrected chi connectivity index (χ4v) is 2.74. The second kappa shape index (κ2) is 4.56. The van der Waals surface area contributed by atoms with Gasteiger partial charge in [-0.1, -0.05) is 0 Å². The molecule has 102 valence electrons. The molecule has 7 heteroatoms. The molecule has 2 aliphatic rings. The van der Waals surface area contributed by atoms with Crippen molar-refractivity contribution in [2.45, 2.75) is 18.9 Å². The quantitative estimate of drug-likeness (QED) is 0.790. The molecule has 1 unspecified atom stereocenters. The molecular weight excluding hydrogens is 246 g/mol. The summed E-state index contributed by atoms with van der Waals surface area (Å²) in [6.07, 6.45) is 4.85. The van der Waals surface area contributed by atoms with Crippen molar-refractivity contribution in [2.24, 2.45) is 7.05 Å². The molecular formula is C12H17N5O2. The van der Waals surface area contributed by atoms with Gasteiger partial charge in [0.2, 0.25) is 5.91 Å². The van der Waals surface area contributed by atoms with E-state index in [1.807, 2.05) is 4.90 Å². The van der Waals surface area contributed by atoms with E-state index in [4.69, 9.17) is 0 Å². The minimum atomic E-state index is -0.119. The summed E-state index contributed by atoms with van der Waals surface area (Å²) in [5, 5.41) is 6.83. The van der Waals surface area contributed by atoms with Gasteiger partial charge in [-0.2, -0.15) is 5.10 Å². The van der Waals surface area contributed by atoms with Crippen LogP contribution >= 0.6 is 0 Å². The molecule has 1 aromatic heterocycles. The van der Waals surface area contributed by atoms with Crippen molar-refractivity contribution in [1.82, 2.24) is 19.6 Å². The number of urea groups is 1. The SMILES string of the molecule is Cn1cc(NC(=O)N2CCN3C(=O)CCC3C2)cn1. The summed E-state index contributed by atoms with van der Waals surface area (Å²) in [5.41, 5.74) is 0.692. The van der Waals surface area contributed by atoms with Crippen LogP contribution in [0.25, 0.3) is 0 Å². The summed E-state index contributed by atoms with van der Waals surface area (Å²) in [7, 11) is 1.80. The van der Waals surface area contributed by atoms with Gasteiger partial charge in [0.25, 0.3) is 0 Å². The maximum Gasteiger partial charge on any atom is 0.322 e. The van der Waals surface area contributed by atoms with Crippen molar-refractivity contribution in [3.05, 3.63) is 12.4 Å². The highest BCUT2D eigenvalue weighted by molar-refractivity contribution is 5.89. The normalized spacial score (nSPS) is 22.6. The fourth-order valence-electron chi connectivity index (χ4n) is 2.74. The molecule has 2 fully saturated rings. The standard InChI is InChI=1S/C12H17N5O2/c1-15-7-9(6-13-15)14-12(19)16-4-5-17-10(8-16)2-3-11(17)18/h6-7,10H,2-5,8H2,1H3,(H,14,19). The largest absolute Gasteiger partial charge is 0.336 e. The van der Waals surface area contributed by atoms with Gasteiger partial charge in [0.05, 0.1) is 11.9 Å². The molecule has 1 aromatic rings. The van der Waals surface area contributed by atoms with E-state index in [-0.39, 0.29) is 18.0 Å². The first-order valence-electron chi connectivity index (χ1n) is 6.47. The van der Waals surface area contributed by atoms with Gasteiger partial charge in [0.1, 0.15) is 0 Å². The second-order valence-corrected chi connectivity index (χ2v) is 5.06. The number of carbonyl (C=O) groups excluding carboxylic acids is 2. The summed E-state index contributed by atoms with van der Waals surface area (Å²) < 4.78 is 1.64. The Hall–Kier alpha value is -2.05. The van der Waals surface area contributed by atoms with E-state index >= 15 is 0 Å². The lowest BCUT2D eigenvalue weighted by atomic mass is 10.2. The number of carbonyl (C=O) groups is 2. The third-order valence-corrected chi connectivity index (χ3v) is 3.74. The molecule has 2 saturated heterocycles. The summed E-state index contributed by atoms with van der Waals surface area (Å²) in [5.74, 6) is 0.220. The van der Waals surface area contributed by atoms with Crippen LogP contribution in [0.4, 0.5) is 10.5 Å². The van der Waals surface area contributed by atoms with Gasteiger partial charge in [0, 0.05) is 45.3 Å². The van der Waals surface area contributed by atoms with Gasteiger partial charge in [-0.15, -0.1) is 0 Å². The average Bonchev–Trinajstić information content (AvgIpc) is 2.96. The number of piperazine rings is 1. The first-order valence-corrected chi connectivity index (χ1v) is 6.47. The number of anilines is 1. The second-order valence-electron chi connectivity index (χ2n) is 5.06. The number of hydrogen-bond acceptors (Lipinski definition) is 3. The maximum absolute atomic E-state index is 12.1. The molecule has 1 N–H and O–H groups in total. The molecule has 0 bridgehead atoms. The highest BCUT2D eigenvalue weighted by Crippen LogP contribution is 2.23. The predicted molar refractivity (Wildman–Crippen MR) is 68.5 cm³/mol. The van der Waals surface area contributed by atoms with Crippen molar-refractivity contribution >= 4 is 17.6 Å². The Morgan fingerprint density at radius 2 is 2.32 bits per heavy atom. The predicted octanol–water partition coefficient (Wildman–Crippen LogP) is 0.259. The van der Waals surface area contributed by atoms with Gasteiger partial charge < -0.3 is 15.1 Å². The molecule has 3 heterocycles. The molecule has 7 nitrogen and oxygen atoms in total. The fraction of sp³-hybridized carbons (Fsp3) is 0.583. The number of nitrogens with zero attached hydrogens (tertiary/aromatic N) is 4. The number of amides is 3. The number of fused-ring (bicyclic) bond motifs is 1. The summed E-state index contributed by atoms with van der Waals surface area (Å²) in [6, 6.07) is 0.0768. The van der Waals surface area contributed by atoms with Gasteiger partial charge in [0.15, 0.2) is 0 Å². The van der Waals surface area contributed by atoms with Crippen LogP contribution in [0.2, 0.25) is 0 Å². The lowest BCUT2D eigenvalue weighted by molar-refractivity contribution is -0.130. The zero-order valence-corrected chi connectivity index (χ0v) is 10.9. The Morgan fingerprint density at radius 3 is 3.05 bits per heavy atom. The van der Waals surface area contributed by atoms with E-state index in [9.17, 15) is 9.59 Å². The van der Waals surface area contributed by atoms with Crippen molar-refractivity contribution in [2.75, 3.05) is 25.0 Å². The van der Waals surface area contributed by atoms with Crippen LogP contribution < -0.4 is 5.32 Å².